The first-order valence-corrected chi connectivity index (χ1v) is 9.83. The van der Waals surface area contributed by atoms with Crippen molar-refractivity contribution in [3.05, 3.63) is 45.5 Å². The Morgan fingerprint density at radius 2 is 1.97 bits per heavy atom. The summed E-state index contributed by atoms with van der Waals surface area (Å²) in [5.41, 5.74) is 8.69. The van der Waals surface area contributed by atoms with Gasteiger partial charge in [-0.1, -0.05) is 6.92 Å². The van der Waals surface area contributed by atoms with Crippen LogP contribution in [0.4, 0.5) is 5.69 Å². The van der Waals surface area contributed by atoms with Crippen molar-refractivity contribution in [2.75, 3.05) is 7.11 Å². The van der Waals surface area contributed by atoms with Crippen LogP contribution >= 0.6 is 12.2 Å². The predicted octanol–water partition coefficient (Wildman–Crippen LogP) is 0.538. The average molecular weight is 463 g/mol. The summed E-state index contributed by atoms with van der Waals surface area (Å²) in [5, 5.41) is 16.2. The number of carbonyl (C=O) groups excluding carboxylic acids is 3. The minimum Gasteiger partial charge on any atom is -0.474 e. The first-order valence-electron chi connectivity index (χ1n) is 9.42. The number of benzene rings is 1. The van der Waals surface area contributed by atoms with E-state index in [-0.39, 0.29) is 23.4 Å². The molecule has 2 rings (SSSR count). The summed E-state index contributed by atoms with van der Waals surface area (Å²) in [6.07, 6.45) is 0. The van der Waals surface area contributed by atoms with Crippen LogP contribution in [0.2, 0.25) is 0 Å². The van der Waals surface area contributed by atoms with Gasteiger partial charge in [-0.2, -0.15) is 4.79 Å². The highest BCUT2D eigenvalue weighted by Gasteiger charge is 2.50. The molecule has 2 N–H and O–H groups in total. The molecular weight excluding hydrogens is 442 g/mol. The molecule has 1 aromatic rings. The lowest BCUT2D eigenvalue weighted by molar-refractivity contribution is -0.384. The smallest absolute Gasteiger partial charge is 0.441 e. The number of esters is 1. The largest absolute Gasteiger partial charge is 0.474 e. The van der Waals surface area contributed by atoms with E-state index in [9.17, 15) is 30.0 Å². The lowest BCUT2D eigenvalue weighted by Crippen LogP contribution is -2.68. The maximum atomic E-state index is 12.7. The number of methoxy groups -OCH3 is 1. The summed E-state index contributed by atoms with van der Waals surface area (Å²) in [6.45, 7) is 2.88. The Kier molecular flexibility index (Phi) is 8.10. The topological polar surface area (TPSA) is 173 Å². The Morgan fingerprint density at radius 3 is 2.47 bits per heavy atom. The third-order valence-electron chi connectivity index (χ3n) is 5.06. The van der Waals surface area contributed by atoms with E-state index in [1.54, 1.807) is 6.92 Å². The number of ketones is 1. The molecule has 1 fully saturated rings. The van der Waals surface area contributed by atoms with Crippen LogP contribution in [0.1, 0.15) is 19.4 Å². The predicted molar refractivity (Wildman–Crippen MR) is 113 cm³/mol. The molecule has 1 amide bonds. The van der Waals surface area contributed by atoms with E-state index in [1.165, 1.54) is 38.3 Å². The van der Waals surface area contributed by atoms with Crippen molar-refractivity contribution >= 4 is 46.5 Å². The zero-order valence-corrected chi connectivity index (χ0v) is 18.3. The first kappa shape index (κ1) is 24.6. The standard InChI is InChI=1S/C19H21N5O7S/c1-9(14-13(17(26)22-14)10(2)21-19(32)30-3)16(25)15(23-20)18(27)31-8-11-4-6-12(7-5-11)24(28)29/h4-7,9-10,13-14H,8H2,1-3H3,(H,21,32)(H,22,26)/t9?,10-,13-,14-/m1/s1. The lowest BCUT2D eigenvalue weighted by atomic mass is 9.75. The number of Topliss-reactive ketones (excluding diaryl/α,β-unsaturated/α-hetero) is 1. The Labute approximate surface area is 188 Å². The number of hydrogen-bond donors (Lipinski definition) is 2. The van der Waals surface area contributed by atoms with Crippen molar-refractivity contribution in [1.29, 1.82) is 0 Å². The molecule has 1 unspecified atom stereocenters. The summed E-state index contributed by atoms with van der Waals surface area (Å²) in [6, 6.07) is 4.15. The molecule has 0 aromatic heterocycles. The van der Waals surface area contributed by atoms with Gasteiger partial charge in [0.1, 0.15) is 6.61 Å². The van der Waals surface area contributed by atoms with Crippen molar-refractivity contribution in [2.24, 2.45) is 11.8 Å². The van der Waals surface area contributed by atoms with Crippen molar-refractivity contribution < 1.29 is 33.6 Å². The fourth-order valence-corrected chi connectivity index (χ4v) is 3.41. The lowest BCUT2D eigenvalue weighted by Gasteiger charge is -2.42. The van der Waals surface area contributed by atoms with E-state index in [2.05, 4.69) is 15.4 Å². The van der Waals surface area contributed by atoms with Gasteiger partial charge in [0.2, 0.25) is 5.91 Å². The molecule has 0 saturated carbocycles. The number of ether oxygens (including phenoxy) is 2. The van der Waals surface area contributed by atoms with Crippen molar-refractivity contribution in [3.63, 3.8) is 0 Å². The second-order valence-corrected chi connectivity index (χ2v) is 7.46. The summed E-state index contributed by atoms with van der Waals surface area (Å²) in [5.74, 6) is -3.85. The SMILES string of the molecule is COC(=S)N[C@H](C)[C@H]1C(=O)N[C@@H]1C(C)C(=O)C(=[N+]=[N-])C(=O)OCc1ccc([N+](=O)[O-])cc1. The highest BCUT2D eigenvalue weighted by atomic mass is 32.1. The number of amides is 1. The number of nitrogens with one attached hydrogen (secondary N) is 2. The van der Waals surface area contributed by atoms with Gasteiger partial charge in [0.05, 0.1) is 24.0 Å². The molecule has 13 heteroatoms. The molecule has 1 aliphatic heterocycles. The molecule has 0 spiro atoms. The second-order valence-electron chi connectivity index (χ2n) is 7.09. The summed E-state index contributed by atoms with van der Waals surface area (Å²) >= 11 is 4.92. The van der Waals surface area contributed by atoms with E-state index >= 15 is 0 Å². The van der Waals surface area contributed by atoms with Crippen molar-refractivity contribution in [3.8, 4) is 0 Å². The van der Waals surface area contributed by atoms with E-state index < -0.39 is 46.3 Å². The van der Waals surface area contributed by atoms with Crippen LogP contribution in [0.5, 0.6) is 0 Å². The molecular formula is C19H21N5O7S. The fourth-order valence-electron chi connectivity index (χ4n) is 3.23. The van der Waals surface area contributed by atoms with Crippen LogP contribution in [0, 0.1) is 22.0 Å². The molecule has 0 bridgehead atoms. The van der Waals surface area contributed by atoms with Crippen LogP contribution in [-0.4, -0.2) is 57.5 Å². The minimum atomic E-state index is -1.17. The van der Waals surface area contributed by atoms with Crippen molar-refractivity contribution in [2.45, 2.75) is 32.5 Å². The number of rotatable bonds is 9. The zero-order valence-electron chi connectivity index (χ0n) is 17.4. The average Bonchev–Trinajstić information content (AvgIpc) is 2.75. The zero-order chi connectivity index (χ0) is 24.0. The van der Waals surface area contributed by atoms with Crippen LogP contribution in [0.3, 0.4) is 0 Å². The third-order valence-corrected chi connectivity index (χ3v) is 5.35. The first-order chi connectivity index (χ1) is 15.1. The van der Waals surface area contributed by atoms with Crippen LogP contribution in [0.25, 0.3) is 5.53 Å². The summed E-state index contributed by atoms with van der Waals surface area (Å²) in [4.78, 5) is 49.9. The van der Waals surface area contributed by atoms with Crippen molar-refractivity contribution in [1.82, 2.24) is 10.6 Å². The van der Waals surface area contributed by atoms with Gasteiger partial charge in [0, 0.05) is 24.1 Å². The van der Waals surface area contributed by atoms with Gasteiger partial charge in [-0.3, -0.25) is 19.7 Å². The Morgan fingerprint density at radius 1 is 1.34 bits per heavy atom. The number of carbonyl (C=O) groups is 3. The van der Waals surface area contributed by atoms with Gasteiger partial charge in [0.15, 0.2) is 0 Å². The second kappa shape index (κ2) is 10.6. The third kappa shape index (κ3) is 5.50. The molecule has 0 radical (unpaired) electrons. The monoisotopic (exact) mass is 463 g/mol. The Hall–Kier alpha value is -3.70. The maximum Gasteiger partial charge on any atom is 0.441 e. The van der Waals surface area contributed by atoms with Crippen LogP contribution in [-0.2, 0) is 30.5 Å². The molecule has 32 heavy (non-hydrogen) atoms. The minimum absolute atomic E-state index is 0.0855. The molecule has 1 aliphatic rings. The summed E-state index contributed by atoms with van der Waals surface area (Å²) in [7, 11) is 1.37. The van der Waals surface area contributed by atoms with E-state index in [1.807, 2.05) is 0 Å². The number of nitro groups is 1. The number of β-lactam (4-membered cyclic amide) rings is 1. The number of nitrogens with zero attached hydrogens (tertiary/aromatic N) is 3. The van der Waals surface area contributed by atoms with Gasteiger partial charge in [0.25, 0.3) is 16.6 Å². The van der Waals surface area contributed by atoms with E-state index in [0.29, 0.717) is 5.56 Å². The quantitative estimate of drug-likeness (QED) is 0.0609. The molecule has 1 saturated heterocycles. The Balaban J connectivity index is 2.02. The van der Waals surface area contributed by atoms with Gasteiger partial charge in [-0.25, -0.2) is 4.79 Å². The van der Waals surface area contributed by atoms with E-state index in [4.69, 9.17) is 21.7 Å². The van der Waals surface area contributed by atoms with Crippen LogP contribution < -0.4 is 10.6 Å². The number of non-ortho nitro benzene ring substituents is 1. The molecule has 1 aromatic carbocycles. The number of hydrogen-bond acceptors (Lipinski definition) is 8. The van der Waals surface area contributed by atoms with Gasteiger partial charge >= 0.3 is 11.7 Å². The summed E-state index contributed by atoms with van der Waals surface area (Å²) < 4.78 is 9.85. The highest BCUT2D eigenvalue weighted by molar-refractivity contribution is 7.80. The molecule has 4 atom stereocenters. The molecule has 12 nitrogen and oxygen atoms in total. The Bertz CT molecular complexity index is 990. The maximum absolute atomic E-state index is 12.7. The van der Waals surface area contributed by atoms with E-state index in [0.717, 1.165) is 0 Å². The van der Waals surface area contributed by atoms with Gasteiger partial charge in [-0.15, -0.1) is 0 Å². The van der Waals surface area contributed by atoms with Gasteiger partial charge < -0.3 is 25.6 Å². The van der Waals surface area contributed by atoms with Gasteiger partial charge in [-0.05, 0) is 36.8 Å². The van der Waals surface area contributed by atoms with Crippen LogP contribution in [0.15, 0.2) is 24.3 Å². The normalized spacial score (nSPS) is 18.7. The fraction of sp³-hybridized carbons (Fsp3) is 0.421. The molecule has 0 aliphatic carbocycles. The highest BCUT2D eigenvalue weighted by Crippen LogP contribution is 2.26. The molecule has 1 heterocycles. The number of nitro benzene ring substituents is 1. The molecule has 170 valence electrons. The number of thiocarbonyl (C=S) groups is 1.